The molecule has 8 heteroatoms. The summed E-state index contributed by atoms with van der Waals surface area (Å²) in [5.41, 5.74) is 3.04. The second-order valence-corrected chi connectivity index (χ2v) is 9.13. The maximum atomic E-state index is 13.1. The number of para-hydroxylation sites is 1. The smallest absolute Gasteiger partial charge is 0.322 e. The van der Waals surface area contributed by atoms with Crippen LogP contribution in [0.3, 0.4) is 0 Å². The molecule has 0 spiro atoms. The Kier molecular flexibility index (Phi) is 6.26. The number of halogens is 2. The van der Waals surface area contributed by atoms with Gasteiger partial charge in [-0.15, -0.1) is 0 Å². The summed E-state index contributed by atoms with van der Waals surface area (Å²) < 4.78 is 0. The van der Waals surface area contributed by atoms with Crippen molar-refractivity contribution in [2.75, 3.05) is 29.9 Å². The first-order chi connectivity index (χ1) is 15.3. The fourth-order valence-electron chi connectivity index (χ4n) is 4.07. The van der Waals surface area contributed by atoms with Gasteiger partial charge in [-0.2, -0.15) is 0 Å². The quantitative estimate of drug-likeness (QED) is 0.497. The summed E-state index contributed by atoms with van der Waals surface area (Å²) in [4.78, 5) is 34.3. The fraction of sp³-hybridized carbons (Fsp3) is 0.292. The predicted octanol–water partition coefficient (Wildman–Crippen LogP) is 6.00. The molecule has 2 heterocycles. The zero-order valence-electron chi connectivity index (χ0n) is 18.2. The zero-order chi connectivity index (χ0) is 23.0. The van der Waals surface area contributed by atoms with Crippen molar-refractivity contribution >= 4 is 57.4 Å². The van der Waals surface area contributed by atoms with Crippen molar-refractivity contribution in [1.29, 1.82) is 0 Å². The molecular formula is C24H24Cl2N4O2. The molecule has 0 saturated carbocycles. The number of hydrogen-bond acceptors (Lipinski definition) is 3. The highest BCUT2D eigenvalue weighted by Crippen LogP contribution is 2.35. The van der Waals surface area contributed by atoms with E-state index in [-0.39, 0.29) is 21.6 Å². The Morgan fingerprint density at radius 3 is 2.50 bits per heavy atom. The molecule has 0 radical (unpaired) electrons. The van der Waals surface area contributed by atoms with Crippen LogP contribution in [0.4, 0.5) is 16.2 Å². The van der Waals surface area contributed by atoms with E-state index in [4.69, 9.17) is 23.2 Å². The van der Waals surface area contributed by atoms with Gasteiger partial charge in [0, 0.05) is 31.2 Å². The third-order valence-electron chi connectivity index (χ3n) is 5.44. The summed E-state index contributed by atoms with van der Waals surface area (Å²) in [5, 5.41) is 4.22. The minimum absolute atomic E-state index is 0.00779. The maximum absolute atomic E-state index is 13.1. The Morgan fingerprint density at radius 1 is 1.12 bits per heavy atom. The van der Waals surface area contributed by atoms with Gasteiger partial charge >= 0.3 is 6.03 Å². The first-order valence-electron chi connectivity index (χ1n) is 10.5. The van der Waals surface area contributed by atoms with Gasteiger partial charge in [-0.25, -0.2) is 4.79 Å². The molecule has 0 atom stereocenters. The second kappa shape index (κ2) is 8.96. The van der Waals surface area contributed by atoms with Crippen molar-refractivity contribution < 1.29 is 9.59 Å². The van der Waals surface area contributed by atoms with E-state index >= 15 is 0 Å². The zero-order valence-corrected chi connectivity index (χ0v) is 19.7. The molecule has 1 N–H and O–H groups in total. The van der Waals surface area contributed by atoms with Crippen LogP contribution in [-0.4, -0.2) is 41.5 Å². The molecule has 1 saturated heterocycles. The molecule has 0 aliphatic carbocycles. The summed E-state index contributed by atoms with van der Waals surface area (Å²) in [5.74, 6) is -0.0231. The number of aryl methyl sites for hydroxylation is 1. The Labute approximate surface area is 197 Å². The number of urea groups is 1. The molecule has 166 valence electrons. The molecule has 1 aromatic heterocycles. The SMILES string of the molecule is Cc1cnc2c(NC(=O)c3c(Cl)cccc3Cl)cccc2c1N1CCN(CC(C)C)C1=O. The lowest BCUT2D eigenvalue weighted by Gasteiger charge is -2.23. The monoisotopic (exact) mass is 470 g/mol. The number of fused-ring (bicyclic) bond motifs is 1. The molecule has 0 unspecified atom stereocenters. The van der Waals surface area contributed by atoms with E-state index in [0.717, 1.165) is 23.2 Å². The fourth-order valence-corrected chi connectivity index (χ4v) is 4.64. The Balaban J connectivity index is 1.73. The second-order valence-electron chi connectivity index (χ2n) is 8.32. The first-order valence-corrected chi connectivity index (χ1v) is 11.2. The van der Waals surface area contributed by atoms with Crippen LogP contribution in [-0.2, 0) is 0 Å². The van der Waals surface area contributed by atoms with Gasteiger partial charge in [0.25, 0.3) is 5.91 Å². The molecular weight excluding hydrogens is 447 g/mol. The molecule has 3 amide bonds. The van der Waals surface area contributed by atoms with Gasteiger partial charge < -0.3 is 10.2 Å². The molecule has 4 rings (SSSR count). The van der Waals surface area contributed by atoms with Crippen LogP contribution in [0.25, 0.3) is 10.9 Å². The van der Waals surface area contributed by atoms with Gasteiger partial charge in [0.2, 0.25) is 0 Å². The largest absolute Gasteiger partial charge is 0.324 e. The number of hydrogen-bond donors (Lipinski definition) is 1. The normalized spacial score (nSPS) is 14.0. The number of anilines is 2. The topological polar surface area (TPSA) is 65.5 Å². The van der Waals surface area contributed by atoms with E-state index in [0.29, 0.717) is 30.2 Å². The number of aromatic nitrogens is 1. The van der Waals surface area contributed by atoms with Crippen LogP contribution in [0.1, 0.15) is 29.8 Å². The molecule has 3 aromatic rings. The molecule has 1 fully saturated rings. The van der Waals surface area contributed by atoms with E-state index in [1.54, 1.807) is 35.4 Å². The van der Waals surface area contributed by atoms with Crippen LogP contribution >= 0.6 is 23.2 Å². The van der Waals surface area contributed by atoms with E-state index in [1.165, 1.54) is 0 Å². The number of carbonyl (C=O) groups is 2. The third-order valence-corrected chi connectivity index (χ3v) is 6.07. The van der Waals surface area contributed by atoms with Crippen LogP contribution in [0, 0.1) is 12.8 Å². The number of benzene rings is 2. The van der Waals surface area contributed by atoms with E-state index in [2.05, 4.69) is 24.1 Å². The highest BCUT2D eigenvalue weighted by molar-refractivity contribution is 6.40. The third kappa shape index (κ3) is 4.12. The molecule has 1 aliphatic heterocycles. The Morgan fingerprint density at radius 2 is 1.81 bits per heavy atom. The molecule has 0 bridgehead atoms. The van der Waals surface area contributed by atoms with Crippen molar-refractivity contribution in [3.05, 3.63) is 63.8 Å². The Hall–Kier alpha value is -2.83. The van der Waals surface area contributed by atoms with Crippen LogP contribution < -0.4 is 10.2 Å². The average Bonchev–Trinajstić information content (AvgIpc) is 3.07. The summed E-state index contributed by atoms with van der Waals surface area (Å²) >= 11 is 12.4. The van der Waals surface area contributed by atoms with E-state index < -0.39 is 5.91 Å². The van der Waals surface area contributed by atoms with Crippen LogP contribution in [0.5, 0.6) is 0 Å². The van der Waals surface area contributed by atoms with Gasteiger partial charge in [-0.1, -0.05) is 55.2 Å². The van der Waals surface area contributed by atoms with E-state index in [1.807, 2.05) is 24.0 Å². The summed E-state index contributed by atoms with van der Waals surface area (Å²) in [6, 6.07) is 10.4. The average molecular weight is 471 g/mol. The van der Waals surface area contributed by atoms with Crippen molar-refractivity contribution in [3.63, 3.8) is 0 Å². The number of pyridine rings is 1. The first kappa shape index (κ1) is 22.4. The van der Waals surface area contributed by atoms with Gasteiger partial charge in [0.1, 0.15) is 0 Å². The highest BCUT2D eigenvalue weighted by atomic mass is 35.5. The molecule has 1 aliphatic rings. The Bertz CT molecular complexity index is 1190. The standard InChI is InChI=1S/C24H24Cl2N4O2/c1-14(2)13-29-10-11-30(24(29)32)22-15(3)12-27-21-16(22)6-4-9-19(21)28-23(31)20-17(25)7-5-8-18(20)26/h4-9,12,14H,10-11,13H2,1-3H3,(H,28,31). The lowest BCUT2D eigenvalue weighted by Crippen LogP contribution is -2.34. The van der Waals surface area contributed by atoms with E-state index in [9.17, 15) is 9.59 Å². The number of nitrogens with zero attached hydrogens (tertiary/aromatic N) is 3. The number of nitrogens with one attached hydrogen (secondary N) is 1. The minimum atomic E-state index is -0.419. The highest BCUT2D eigenvalue weighted by Gasteiger charge is 2.32. The number of amides is 3. The van der Waals surface area contributed by atoms with Gasteiger partial charge in [0.15, 0.2) is 0 Å². The lowest BCUT2D eigenvalue weighted by molar-refractivity contribution is 0.102. The predicted molar refractivity (Wildman–Crippen MR) is 130 cm³/mol. The van der Waals surface area contributed by atoms with Crippen molar-refractivity contribution in [2.45, 2.75) is 20.8 Å². The van der Waals surface area contributed by atoms with Gasteiger partial charge in [0.05, 0.1) is 32.5 Å². The van der Waals surface area contributed by atoms with Crippen molar-refractivity contribution in [3.8, 4) is 0 Å². The van der Waals surface area contributed by atoms with Crippen LogP contribution in [0.2, 0.25) is 10.0 Å². The van der Waals surface area contributed by atoms with Crippen molar-refractivity contribution in [2.24, 2.45) is 5.92 Å². The lowest BCUT2D eigenvalue weighted by atomic mass is 10.1. The minimum Gasteiger partial charge on any atom is -0.322 e. The van der Waals surface area contributed by atoms with Gasteiger partial charge in [-0.05, 0) is 36.6 Å². The van der Waals surface area contributed by atoms with Crippen molar-refractivity contribution in [1.82, 2.24) is 9.88 Å². The molecule has 2 aromatic carbocycles. The summed E-state index contributed by atoms with van der Waals surface area (Å²) in [7, 11) is 0. The molecule has 6 nitrogen and oxygen atoms in total. The summed E-state index contributed by atoms with van der Waals surface area (Å²) in [6.07, 6.45) is 1.73. The number of carbonyl (C=O) groups excluding carboxylic acids is 2. The van der Waals surface area contributed by atoms with Crippen LogP contribution in [0.15, 0.2) is 42.6 Å². The number of rotatable bonds is 5. The maximum Gasteiger partial charge on any atom is 0.324 e. The molecule has 32 heavy (non-hydrogen) atoms. The van der Waals surface area contributed by atoms with Gasteiger partial charge in [-0.3, -0.25) is 14.7 Å². The summed E-state index contributed by atoms with van der Waals surface area (Å²) in [6.45, 7) is 8.15.